The van der Waals surface area contributed by atoms with E-state index in [9.17, 15) is 25.2 Å². The Balaban J connectivity index is 1.98. The molecular formula is C16H13NO6. The predicted molar refractivity (Wildman–Crippen MR) is 79.2 cm³/mol. The van der Waals surface area contributed by atoms with Gasteiger partial charge in [-0.2, -0.15) is 0 Å². The standard InChI is InChI=1S/C16H13NO6/c18-6-4-8-12(10(20)5-6)11-7-2-1-3-9(19)14(7)23-15(11)13(17-8)16(21)22/h1-5,11,13,15,17-20H,(H,21,22). The molecule has 0 radical (unpaired) electrons. The van der Waals surface area contributed by atoms with Gasteiger partial charge in [-0.05, 0) is 6.07 Å². The lowest BCUT2D eigenvalue weighted by molar-refractivity contribution is -0.140. The molecule has 4 rings (SSSR count). The largest absolute Gasteiger partial charge is 0.508 e. The number of para-hydroxylation sites is 1. The summed E-state index contributed by atoms with van der Waals surface area (Å²) >= 11 is 0. The van der Waals surface area contributed by atoms with Crippen molar-refractivity contribution in [1.82, 2.24) is 0 Å². The van der Waals surface area contributed by atoms with E-state index in [1.54, 1.807) is 12.1 Å². The minimum Gasteiger partial charge on any atom is -0.508 e. The summed E-state index contributed by atoms with van der Waals surface area (Å²) in [7, 11) is 0. The Kier molecular flexibility index (Phi) is 2.63. The van der Waals surface area contributed by atoms with E-state index in [0.29, 0.717) is 16.8 Å². The van der Waals surface area contributed by atoms with Gasteiger partial charge in [-0.3, -0.25) is 0 Å². The van der Waals surface area contributed by atoms with Crippen LogP contribution in [0.2, 0.25) is 0 Å². The van der Waals surface area contributed by atoms with Crippen LogP contribution in [0.5, 0.6) is 23.0 Å². The maximum Gasteiger partial charge on any atom is 0.330 e. The molecule has 0 saturated carbocycles. The van der Waals surface area contributed by atoms with E-state index in [2.05, 4.69) is 5.32 Å². The van der Waals surface area contributed by atoms with Gasteiger partial charge in [0.05, 0.1) is 5.92 Å². The lowest BCUT2D eigenvalue weighted by Gasteiger charge is -2.34. The Morgan fingerprint density at radius 3 is 2.65 bits per heavy atom. The van der Waals surface area contributed by atoms with Crippen LogP contribution in [0, 0.1) is 0 Å². The van der Waals surface area contributed by atoms with Gasteiger partial charge in [-0.25, -0.2) is 4.79 Å². The topological polar surface area (TPSA) is 119 Å². The number of benzene rings is 2. The number of ether oxygens (including phenoxy) is 1. The average molecular weight is 315 g/mol. The Labute approximate surface area is 130 Å². The van der Waals surface area contributed by atoms with Crippen molar-refractivity contribution in [2.24, 2.45) is 0 Å². The summed E-state index contributed by atoms with van der Waals surface area (Å²) in [6.45, 7) is 0. The first kappa shape index (κ1) is 13.6. The van der Waals surface area contributed by atoms with E-state index >= 15 is 0 Å². The highest BCUT2D eigenvalue weighted by Gasteiger charge is 2.49. The van der Waals surface area contributed by atoms with E-state index < -0.39 is 24.0 Å². The molecule has 0 bridgehead atoms. The SMILES string of the molecule is O=C(O)C1Nc2cc(O)cc(O)c2C2c3cccc(O)c3OC12. The average Bonchev–Trinajstić information content (AvgIpc) is 2.86. The van der Waals surface area contributed by atoms with Crippen molar-refractivity contribution in [3.8, 4) is 23.0 Å². The second kappa shape index (κ2) is 4.45. The first-order valence-corrected chi connectivity index (χ1v) is 7.01. The smallest absolute Gasteiger partial charge is 0.330 e. The monoisotopic (exact) mass is 315 g/mol. The Bertz CT molecular complexity index is 834. The predicted octanol–water partition coefficient (Wildman–Crippen LogP) is 1.57. The molecule has 7 heteroatoms. The molecular weight excluding hydrogens is 302 g/mol. The third-order valence-electron chi connectivity index (χ3n) is 4.30. The number of aliphatic carboxylic acids is 1. The highest BCUT2D eigenvalue weighted by molar-refractivity contribution is 5.83. The fourth-order valence-corrected chi connectivity index (χ4v) is 3.40. The van der Waals surface area contributed by atoms with Crippen LogP contribution in [-0.4, -0.2) is 38.5 Å². The maximum absolute atomic E-state index is 11.6. The van der Waals surface area contributed by atoms with Gasteiger partial charge in [0.1, 0.15) is 17.6 Å². The van der Waals surface area contributed by atoms with Gasteiger partial charge in [-0.15, -0.1) is 0 Å². The number of phenols is 3. The number of carboxylic acids is 1. The van der Waals surface area contributed by atoms with Gasteiger partial charge in [0.25, 0.3) is 0 Å². The van der Waals surface area contributed by atoms with E-state index in [-0.39, 0.29) is 23.0 Å². The normalized spacial score (nSPS) is 23.9. The molecule has 2 aliphatic rings. The van der Waals surface area contributed by atoms with Crippen molar-refractivity contribution in [3.05, 3.63) is 41.5 Å². The Morgan fingerprint density at radius 1 is 1.13 bits per heavy atom. The third-order valence-corrected chi connectivity index (χ3v) is 4.30. The van der Waals surface area contributed by atoms with Gasteiger partial charge in [0.2, 0.25) is 0 Å². The fraction of sp³-hybridized carbons (Fsp3) is 0.188. The fourth-order valence-electron chi connectivity index (χ4n) is 3.40. The summed E-state index contributed by atoms with van der Waals surface area (Å²) in [4.78, 5) is 11.6. The number of carbonyl (C=O) groups is 1. The first-order valence-electron chi connectivity index (χ1n) is 7.01. The quantitative estimate of drug-likeness (QED) is 0.542. The second-order valence-corrected chi connectivity index (χ2v) is 5.64. The van der Waals surface area contributed by atoms with Gasteiger partial charge in [0.15, 0.2) is 17.5 Å². The summed E-state index contributed by atoms with van der Waals surface area (Å²) in [5.41, 5.74) is 1.37. The van der Waals surface area contributed by atoms with Crippen LogP contribution in [0.4, 0.5) is 5.69 Å². The van der Waals surface area contributed by atoms with E-state index in [1.165, 1.54) is 18.2 Å². The molecule has 2 aliphatic heterocycles. The number of hydrogen-bond acceptors (Lipinski definition) is 6. The van der Waals surface area contributed by atoms with Crippen LogP contribution in [-0.2, 0) is 4.79 Å². The summed E-state index contributed by atoms with van der Waals surface area (Å²) in [5, 5.41) is 42.1. The number of phenolic OH excluding ortho intramolecular Hbond substituents is 3. The van der Waals surface area contributed by atoms with Gasteiger partial charge in [0, 0.05) is 28.9 Å². The molecule has 118 valence electrons. The summed E-state index contributed by atoms with van der Waals surface area (Å²) < 4.78 is 5.69. The van der Waals surface area contributed by atoms with Crippen LogP contribution >= 0.6 is 0 Å². The highest BCUT2D eigenvalue weighted by Crippen LogP contribution is 2.54. The molecule has 23 heavy (non-hydrogen) atoms. The molecule has 7 nitrogen and oxygen atoms in total. The molecule has 5 N–H and O–H groups in total. The zero-order valence-electron chi connectivity index (χ0n) is 11.7. The van der Waals surface area contributed by atoms with E-state index in [4.69, 9.17) is 4.74 Å². The third kappa shape index (κ3) is 1.79. The van der Waals surface area contributed by atoms with Crippen LogP contribution < -0.4 is 10.1 Å². The van der Waals surface area contributed by atoms with Crippen molar-refractivity contribution in [2.75, 3.05) is 5.32 Å². The number of anilines is 1. The Hall–Kier alpha value is -3.09. The molecule has 0 amide bonds. The number of rotatable bonds is 1. The first-order chi connectivity index (χ1) is 11.0. The zero-order chi connectivity index (χ0) is 16.3. The molecule has 2 aromatic rings. The van der Waals surface area contributed by atoms with Crippen molar-refractivity contribution >= 4 is 11.7 Å². The number of carboxylic acid groups (broad SMARTS) is 1. The summed E-state index contributed by atoms with van der Waals surface area (Å²) in [6.07, 6.45) is -0.821. The molecule has 0 aromatic heterocycles. The van der Waals surface area contributed by atoms with Gasteiger partial charge < -0.3 is 30.5 Å². The molecule has 3 unspecified atom stereocenters. The maximum atomic E-state index is 11.6. The molecule has 0 fully saturated rings. The lowest BCUT2D eigenvalue weighted by atomic mass is 9.80. The number of hydrogen-bond donors (Lipinski definition) is 5. The minimum atomic E-state index is -1.12. The van der Waals surface area contributed by atoms with Crippen LogP contribution in [0.3, 0.4) is 0 Å². The van der Waals surface area contributed by atoms with Gasteiger partial charge in [-0.1, -0.05) is 12.1 Å². The molecule has 3 atom stereocenters. The van der Waals surface area contributed by atoms with Crippen molar-refractivity contribution in [3.63, 3.8) is 0 Å². The molecule has 0 spiro atoms. The summed E-state index contributed by atoms with van der Waals surface area (Å²) in [6, 6.07) is 6.29. The number of aromatic hydroxyl groups is 3. The lowest BCUT2D eigenvalue weighted by Crippen LogP contribution is -2.48. The van der Waals surface area contributed by atoms with Crippen LogP contribution in [0.15, 0.2) is 30.3 Å². The van der Waals surface area contributed by atoms with E-state index in [1.807, 2.05) is 0 Å². The molecule has 2 heterocycles. The molecule has 2 aromatic carbocycles. The summed E-state index contributed by atoms with van der Waals surface area (Å²) in [5.74, 6) is -1.88. The van der Waals surface area contributed by atoms with Crippen LogP contribution in [0.1, 0.15) is 17.0 Å². The van der Waals surface area contributed by atoms with Crippen LogP contribution in [0.25, 0.3) is 0 Å². The highest BCUT2D eigenvalue weighted by atomic mass is 16.5. The second-order valence-electron chi connectivity index (χ2n) is 5.64. The van der Waals surface area contributed by atoms with Crippen molar-refractivity contribution < 1.29 is 30.0 Å². The minimum absolute atomic E-state index is 0.0825. The molecule has 0 saturated heterocycles. The van der Waals surface area contributed by atoms with Gasteiger partial charge >= 0.3 is 5.97 Å². The van der Waals surface area contributed by atoms with Crippen molar-refractivity contribution in [2.45, 2.75) is 18.1 Å². The zero-order valence-corrected chi connectivity index (χ0v) is 11.7. The number of nitrogens with one attached hydrogen (secondary N) is 1. The number of fused-ring (bicyclic) bond motifs is 5. The molecule has 0 aliphatic carbocycles. The van der Waals surface area contributed by atoms with Crippen molar-refractivity contribution in [1.29, 1.82) is 0 Å². The van der Waals surface area contributed by atoms with E-state index in [0.717, 1.165) is 0 Å². The Morgan fingerprint density at radius 2 is 1.91 bits per heavy atom.